The second-order valence-electron chi connectivity index (χ2n) is 9.16. The second kappa shape index (κ2) is 14.1. The SMILES string of the molecule is CC(C)C(N)C(=O)NC(CCC(N)=O)C(=O)NC(C(=O)NC(Cc1ccccc1)C(=O)O)C(C)C. The van der Waals surface area contributed by atoms with Crippen LogP contribution in [0, 0.1) is 11.8 Å². The molecule has 194 valence electrons. The van der Waals surface area contributed by atoms with Crippen molar-refractivity contribution in [2.45, 2.75) is 71.1 Å². The van der Waals surface area contributed by atoms with E-state index in [1.54, 1.807) is 58.0 Å². The van der Waals surface area contributed by atoms with Crippen molar-refractivity contribution in [3.63, 3.8) is 0 Å². The molecule has 4 atom stereocenters. The van der Waals surface area contributed by atoms with Crippen LogP contribution in [-0.4, -0.2) is 58.9 Å². The Bertz CT molecular complexity index is 890. The van der Waals surface area contributed by atoms with Crippen LogP contribution in [0.15, 0.2) is 30.3 Å². The summed E-state index contributed by atoms with van der Waals surface area (Å²) in [6.45, 7) is 6.86. The van der Waals surface area contributed by atoms with Crippen molar-refractivity contribution in [2.24, 2.45) is 23.3 Å². The number of carbonyl (C=O) groups is 5. The number of aliphatic carboxylic acids is 1. The maximum atomic E-state index is 13.0. The molecule has 11 nitrogen and oxygen atoms in total. The highest BCUT2D eigenvalue weighted by atomic mass is 16.4. The maximum absolute atomic E-state index is 13.0. The lowest BCUT2D eigenvalue weighted by molar-refractivity contribution is -0.142. The molecule has 0 bridgehead atoms. The molecule has 0 saturated heterocycles. The molecule has 35 heavy (non-hydrogen) atoms. The largest absolute Gasteiger partial charge is 0.480 e. The smallest absolute Gasteiger partial charge is 0.326 e. The van der Waals surface area contributed by atoms with Gasteiger partial charge in [-0.3, -0.25) is 19.2 Å². The van der Waals surface area contributed by atoms with Crippen molar-refractivity contribution < 1.29 is 29.1 Å². The predicted octanol–water partition coefficient (Wildman–Crippen LogP) is -0.327. The lowest BCUT2D eigenvalue weighted by atomic mass is 10.00. The lowest BCUT2D eigenvalue weighted by Crippen LogP contribution is -2.59. The minimum Gasteiger partial charge on any atom is -0.480 e. The molecule has 0 radical (unpaired) electrons. The number of nitrogens with one attached hydrogen (secondary N) is 3. The molecule has 0 heterocycles. The number of hydrogen-bond donors (Lipinski definition) is 6. The van der Waals surface area contributed by atoms with Crippen molar-refractivity contribution in [1.82, 2.24) is 16.0 Å². The topological polar surface area (TPSA) is 194 Å². The highest BCUT2D eigenvalue weighted by molar-refractivity contribution is 5.94. The molecule has 1 aromatic carbocycles. The quantitative estimate of drug-likeness (QED) is 0.205. The molecule has 0 aliphatic heterocycles. The summed E-state index contributed by atoms with van der Waals surface area (Å²) in [6.07, 6.45) is -0.201. The first-order chi connectivity index (χ1) is 16.3. The molecule has 8 N–H and O–H groups in total. The summed E-state index contributed by atoms with van der Waals surface area (Å²) >= 11 is 0. The molecular formula is C24H37N5O6. The van der Waals surface area contributed by atoms with Crippen LogP contribution in [0.1, 0.15) is 46.1 Å². The Kier molecular flexibility index (Phi) is 11.9. The molecule has 0 fully saturated rings. The molecule has 0 saturated carbocycles. The van der Waals surface area contributed by atoms with Gasteiger partial charge in [0.25, 0.3) is 0 Å². The molecule has 0 aromatic heterocycles. The minimum absolute atomic E-state index is 0.0606. The highest BCUT2D eigenvalue weighted by Gasteiger charge is 2.32. The van der Waals surface area contributed by atoms with Crippen molar-refractivity contribution in [2.75, 3.05) is 0 Å². The summed E-state index contributed by atoms with van der Waals surface area (Å²) < 4.78 is 0. The van der Waals surface area contributed by atoms with Gasteiger partial charge >= 0.3 is 5.97 Å². The number of nitrogens with two attached hydrogens (primary N) is 2. The van der Waals surface area contributed by atoms with E-state index in [2.05, 4.69) is 16.0 Å². The monoisotopic (exact) mass is 491 g/mol. The van der Waals surface area contributed by atoms with Gasteiger partial charge in [-0.25, -0.2) is 4.79 Å². The Morgan fingerprint density at radius 3 is 1.89 bits per heavy atom. The number of amides is 4. The van der Waals surface area contributed by atoms with E-state index in [0.717, 1.165) is 5.56 Å². The van der Waals surface area contributed by atoms with Gasteiger partial charge in [0.15, 0.2) is 0 Å². The van der Waals surface area contributed by atoms with Gasteiger partial charge in [0, 0.05) is 12.8 Å². The molecular weight excluding hydrogens is 454 g/mol. The van der Waals surface area contributed by atoms with Crippen molar-refractivity contribution >= 4 is 29.6 Å². The Balaban J connectivity index is 2.99. The zero-order valence-corrected chi connectivity index (χ0v) is 20.6. The van der Waals surface area contributed by atoms with Crippen LogP contribution in [0.3, 0.4) is 0 Å². The first-order valence-electron chi connectivity index (χ1n) is 11.5. The van der Waals surface area contributed by atoms with E-state index in [4.69, 9.17) is 11.5 Å². The third-order valence-corrected chi connectivity index (χ3v) is 5.48. The Labute approximate surface area is 205 Å². The Morgan fingerprint density at radius 2 is 1.40 bits per heavy atom. The third kappa shape index (κ3) is 10.1. The first-order valence-corrected chi connectivity index (χ1v) is 11.5. The fraction of sp³-hybridized carbons (Fsp3) is 0.542. The van der Waals surface area contributed by atoms with Gasteiger partial charge in [0.1, 0.15) is 18.1 Å². The summed E-state index contributed by atoms with van der Waals surface area (Å²) in [4.78, 5) is 61.4. The summed E-state index contributed by atoms with van der Waals surface area (Å²) in [5.74, 6) is -4.45. The van der Waals surface area contributed by atoms with Crippen LogP contribution >= 0.6 is 0 Å². The van der Waals surface area contributed by atoms with E-state index >= 15 is 0 Å². The number of carboxylic acids is 1. The van der Waals surface area contributed by atoms with Crippen LogP contribution in [0.4, 0.5) is 0 Å². The van der Waals surface area contributed by atoms with Gasteiger partial charge in [-0.15, -0.1) is 0 Å². The zero-order chi connectivity index (χ0) is 26.7. The number of primary amides is 1. The standard InChI is InChI=1S/C24H37N5O6/c1-13(2)19(26)22(32)27-16(10-11-18(25)30)21(31)29-20(14(3)4)23(33)28-17(24(34)35)12-15-8-6-5-7-9-15/h5-9,13-14,16-17,19-20H,10-12,26H2,1-4H3,(H2,25,30)(H,27,32)(H,28,33)(H,29,31)(H,34,35). The number of hydrogen-bond acceptors (Lipinski definition) is 6. The molecule has 1 rings (SSSR count). The minimum atomic E-state index is -1.22. The van der Waals surface area contributed by atoms with Crippen LogP contribution in [0.2, 0.25) is 0 Å². The molecule has 4 amide bonds. The average Bonchev–Trinajstić information content (AvgIpc) is 2.78. The van der Waals surface area contributed by atoms with Gasteiger partial charge in [-0.05, 0) is 23.8 Å². The number of rotatable bonds is 14. The number of carbonyl (C=O) groups excluding carboxylic acids is 4. The van der Waals surface area contributed by atoms with Crippen LogP contribution in [-0.2, 0) is 30.4 Å². The van der Waals surface area contributed by atoms with E-state index < -0.39 is 59.7 Å². The molecule has 0 aliphatic carbocycles. The van der Waals surface area contributed by atoms with Gasteiger partial charge in [-0.1, -0.05) is 58.0 Å². The fourth-order valence-corrected chi connectivity index (χ4v) is 3.23. The van der Waals surface area contributed by atoms with Gasteiger partial charge in [-0.2, -0.15) is 0 Å². The van der Waals surface area contributed by atoms with Gasteiger partial charge in [0.05, 0.1) is 6.04 Å². The van der Waals surface area contributed by atoms with Crippen LogP contribution in [0.25, 0.3) is 0 Å². The van der Waals surface area contributed by atoms with E-state index in [0.29, 0.717) is 0 Å². The van der Waals surface area contributed by atoms with Gasteiger partial charge in [0.2, 0.25) is 23.6 Å². The average molecular weight is 492 g/mol. The molecule has 0 aliphatic rings. The van der Waals surface area contributed by atoms with Crippen LogP contribution in [0.5, 0.6) is 0 Å². The summed E-state index contributed by atoms with van der Waals surface area (Å²) in [7, 11) is 0. The van der Waals surface area contributed by atoms with Crippen molar-refractivity contribution in [3.05, 3.63) is 35.9 Å². The maximum Gasteiger partial charge on any atom is 0.326 e. The first kappa shape index (κ1) is 29.6. The number of carboxylic acid groups (broad SMARTS) is 1. The lowest BCUT2D eigenvalue weighted by Gasteiger charge is -2.27. The van der Waals surface area contributed by atoms with Crippen molar-refractivity contribution in [1.29, 1.82) is 0 Å². The zero-order valence-electron chi connectivity index (χ0n) is 20.6. The third-order valence-electron chi connectivity index (χ3n) is 5.48. The predicted molar refractivity (Wildman–Crippen MR) is 130 cm³/mol. The normalized spacial score (nSPS) is 14.5. The second-order valence-corrected chi connectivity index (χ2v) is 9.16. The summed E-state index contributed by atoms with van der Waals surface area (Å²) in [5, 5.41) is 17.2. The van der Waals surface area contributed by atoms with Crippen LogP contribution < -0.4 is 27.4 Å². The molecule has 4 unspecified atom stereocenters. The summed E-state index contributed by atoms with van der Waals surface area (Å²) in [5.41, 5.74) is 11.8. The van der Waals surface area contributed by atoms with E-state index in [1.165, 1.54) is 0 Å². The Hall–Kier alpha value is -3.47. The Morgan fingerprint density at radius 1 is 0.829 bits per heavy atom. The molecule has 11 heteroatoms. The highest BCUT2D eigenvalue weighted by Crippen LogP contribution is 2.09. The number of benzene rings is 1. The van der Waals surface area contributed by atoms with Crippen molar-refractivity contribution in [3.8, 4) is 0 Å². The van der Waals surface area contributed by atoms with Gasteiger partial charge < -0.3 is 32.5 Å². The summed E-state index contributed by atoms with van der Waals surface area (Å²) in [6, 6.07) is 4.48. The fourth-order valence-electron chi connectivity index (χ4n) is 3.23. The van der Waals surface area contributed by atoms with E-state index in [-0.39, 0.29) is 25.2 Å². The molecule has 1 aromatic rings. The van der Waals surface area contributed by atoms with E-state index in [1.807, 2.05) is 0 Å². The molecule has 0 spiro atoms. The van der Waals surface area contributed by atoms with E-state index in [9.17, 15) is 29.1 Å².